The SMILES string of the molecule is C=C(CCCC)N(CS)CCNC.C=Cc1ccc2c(Cl)c3c(nc2c1)CC(c1ncccc1F)CC3. The largest absolute Gasteiger partial charge is 0.365 e. The minimum Gasteiger partial charge on any atom is -0.365 e. The molecule has 1 aromatic carbocycles. The molecule has 1 N–H and O–H groups in total. The van der Waals surface area contributed by atoms with Crippen LogP contribution >= 0.6 is 24.2 Å². The number of allylic oxidation sites excluding steroid dienone is 1. The summed E-state index contributed by atoms with van der Waals surface area (Å²) >= 11 is 10.9. The van der Waals surface area contributed by atoms with Gasteiger partial charge >= 0.3 is 0 Å². The Hall–Kier alpha value is -2.41. The highest BCUT2D eigenvalue weighted by Gasteiger charge is 2.27. The van der Waals surface area contributed by atoms with E-state index < -0.39 is 0 Å². The third kappa shape index (κ3) is 7.56. The number of unbranched alkanes of at least 4 members (excludes halogenated alkanes) is 1. The molecular formula is C30H38ClFN4S. The summed E-state index contributed by atoms with van der Waals surface area (Å²) in [5, 5.41) is 4.86. The van der Waals surface area contributed by atoms with E-state index in [-0.39, 0.29) is 11.7 Å². The molecule has 0 saturated carbocycles. The highest BCUT2D eigenvalue weighted by molar-refractivity contribution is 7.80. The average molecular weight is 541 g/mol. The number of thiol groups is 1. The van der Waals surface area contributed by atoms with Crippen molar-refractivity contribution in [2.24, 2.45) is 0 Å². The summed E-state index contributed by atoms with van der Waals surface area (Å²) in [7, 11) is 1.96. The Balaban J connectivity index is 0.000000251. The third-order valence-corrected chi connectivity index (χ3v) is 7.56. The van der Waals surface area contributed by atoms with Gasteiger partial charge in [0.1, 0.15) is 5.82 Å². The van der Waals surface area contributed by atoms with Crippen molar-refractivity contribution < 1.29 is 4.39 Å². The van der Waals surface area contributed by atoms with E-state index in [0.29, 0.717) is 12.1 Å². The van der Waals surface area contributed by atoms with Crippen molar-refractivity contribution in [3.05, 3.63) is 88.7 Å². The second kappa shape index (κ2) is 14.5. The molecular weight excluding hydrogens is 503 g/mol. The molecule has 2 aromatic heterocycles. The standard InChI is InChI=1S/C20H16ClFN2.C10H22N2S/c1-2-12-5-7-14-17(10-12)24-18-11-13(6-8-15(18)19(14)21)20-16(22)4-3-9-23-20;1-4-5-6-10(2)12(9-13)8-7-11-3/h2-5,7,9-10,13H,1,6,8,11H2;11,13H,2,4-9H2,1,3H3. The zero-order valence-electron chi connectivity index (χ0n) is 21.9. The van der Waals surface area contributed by atoms with Crippen LogP contribution in [0, 0.1) is 5.82 Å². The zero-order chi connectivity index (χ0) is 26.8. The number of aromatic nitrogens is 2. The first-order valence-electron chi connectivity index (χ1n) is 12.9. The minimum atomic E-state index is -0.244. The van der Waals surface area contributed by atoms with Gasteiger partial charge in [0.15, 0.2) is 0 Å². The monoisotopic (exact) mass is 540 g/mol. The highest BCUT2D eigenvalue weighted by Crippen LogP contribution is 2.38. The Kier molecular flexibility index (Phi) is 11.4. The number of pyridine rings is 2. The van der Waals surface area contributed by atoms with Gasteiger partial charge in [-0.3, -0.25) is 9.97 Å². The van der Waals surface area contributed by atoms with Gasteiger partial charge in [0, 0.05) is 42.0 Å². The molecule has 0 saturated heterocycles. The number of likely N-dealkylation sites (N-methyl/N-ethyl adjacent to an activating group) is 1. The summed E-state index contributed by atoms with van der Waals surface area (Å²) in [6.45, 7) is 12.1. The Morgan fingerprint density at radius 2 is 2.16 bits per heavy atom. The molecule has 198 valence electrons. The molecule has 1 atom stereocenters. The molecule has 0 spiro atoms. The van der Waals surface area contributed by atoms with Crippen molar-refractivity contribution in [2.75, 3.05) is 26.0 Å². The van der Waals surface area contributed by atoms with Gasteiger partial charge in [-0.1, -0.05) is 56.3 Å². The molecule has 0 aliphatic heterocycles. The zero-order valence-corrected chi connectivity index (χ0v) is 23.6. The first-order chi connectivity index (χ1) is 17.9. The molecule has 0 bridgehead atoms. The van der Waals surface area contributed by atoms with Crippen molar-refractivity contribution in [2.45, 2.75) is 51.4 Å². The maximum absolute atomic E-state index is 14.1. The molecule has 1 aliphatic rings. The van der Waals surface area contributed by atoms with Crippen LogP contribution in [-0.4, -0.2) is 40.9 Å². The second-order valence-electron chi connectivity index (χ2n) is 9.32. The van der Waals surface area contributed by atoms with Gasteiger partial charge in [0.25, 0.3) is 0 Å². The number of fused-ring (bicyclic) bond motifs is 2. The molecule has 0 fully saturated rings. The lowest BCUT2D eigenvalue weighted by Crippen LogP contribution is -2.29. The summed E-state index contributed by atoms with van der Waals surface area (Å²) in [6, 6.07) is 9.06. The molecule has 0 radical (unpaired) electrons. The summed E-state index contributed by atoms with van der Waals surface area (Å²) in [4.78, 5) is 11.3. The smallest absolute Gasteiger partial charge is 0.144 e. The number of hydrogen-bond donors (Lipinski definition) is 2. The fourth-order valence-electron chi connectivity index (χ4n) is 4.58. The van der Waals surface area contributed by atoms with E-state index in [1.807, 2.05) is 25.2 Å². The Morgan fingerprint density at radius 1 is 1.35 bits per heavy atom. The summed E-state index contributed by atoms with van der Waals surface area (Å²) in [5.74, 6) is 0.568. The lowest BCUT2D eigenvalue weighted by Gasteiger charge is -2.25. The number of rotatable bonds is 10. The average Bonchev–Trinajstić information content (AvgIpc) is 2.92. The first kappa shape index (κ1) is 29.2. The predicted octanol–water partition coefficient (Wildman–Crippen LogP) is 7.44. The fourth-order valence-corrected chi connectivity index (χ4v) is 5.28. The second-order valence-corrected chi connectivity index (χ2v) is 9.98. The van der Waals surface area contributed by atoms with Gasteiger partial charge in [-0.2, -0.15) is 12.6 Å². The number of nitrogens with one attached hydrogen (secondary N) is 1. The summed E-state index contributed by atoms with van der Waals surface area (Å²) < 4.78 is 14.1. The summed E-state index contributed by atoms with van der Waals surface area (Å²) in [5.41, 5.74) is 5.65. The van der Waals surface area contributed by atoms with E-state index in [1.165, 1.54) is 24.6 Å². The van der Waals surface area contributed by atoms with Crippen molar-refractivity contribution in [1.82, 2.24) is 20.2 Å². The molecule has 4 rings (SSSR count). The van der Waals surface area contributed by atoms with Crippen LogP contribution in [0.4, 0.5) is 4.39 Å². The van der Waals surface area contributed by atoms with Crippen LogP contribution in [-0.2, 0) is 12.8 Å². The van der Waals surface area contributed by atoms with Gasteiger partial charge in [-0.15, -0.1) is 0 Å². The molecule has 1 unspecified atom stereocenters. The lowest BCUT2D eigenvalue weighted by atomic mass is 9.84. The highest BCUT2D eigenvalue weighted by atomic mass is 35.5. The Bertz CT molecular complexity index is 1220. The van der Waals surface area contributed by atoms with Crippen LogP contribution in [0.3, 0.4) is 0 Å². The number of hydrogen-bond acceptors (Lipinski definition) is 5. The van der Waals surface area contributed by atoms with Crippen LogP contribution < -0.4 is 5.32 Å². The van der Waals surface area contributed by atoms with E-state index in [9.17, 15) is 4.39 Å². The van der Waals surface area contributed by atoms with Gasteiger partial charge in [0.05, 0.1) is 22.1 Å². The van der Waals surface area contributed by atoms with Crippen molar-refractivity contribution in [3.63, 3.8) is 0 Å². The van der Waals surface area contributed by atoms with E-state index >= 15 is 0 Å². The van der Waals surface area contributed by atoms with Crippen molar-refractivity contribution in [1.29, 1.82) is 0 Å². The van der Waals surface area contributed by atoms with Crippen LogP contribution in [0.2, 0.25) is 5.02 Å². The number of benzene rings is 1. The normalized spacial score (nSPS) is 14.5. The van der Waals surface area contributed by atoms with Crippen LogP contribution in [0.15, 0.2) is 55.4 Å². The van der Waals surface area contributed by atoms with E-state index in [0.717, 1.165) is 71.0 Å². The number of halogens is 2. The molecule has 4 nitrogen and oxygen atoms in total. The predicted molar refractivity (Wildman–Crippen MR) is 159 cm³/mol. The van der Waals surface area contributed by atoms with E-state index in [4.69, 9.17) is 16.6 Å². The van der Waals surface area contributed by atoms with Crippen LogP contribution in [0.1, 0.15) is 61.0 Å². The molecule has 0 amide bonds. The molecule has 2 heterocycles. The Morgan fingerprint density at radius 3 is 2.84 bits per heavy atom. The molecule has 1 aliphatic carbocycles. The van der Waals surface area contributed by atoms with Crippen LogP contribution in [0.25, 0.3) is 17.0 Å². The molecule has 3 aromatic rings. The van der Waals surface area contributed by atoms with Gasteiger partial charge in [0.2, 0.25) is 0 Å². The van der Waals surface area contributed by atoms with Crippen molar-refractivity contribution in [3.8, 4) is 0 Å². The van der Waals surface area contributed by atoms with E-state index in [1.54, 1.807) is 18.3 Å². The molecule has 7 heteroatoms. The van der Waals surface area contributed by atoms with Crippen molar-refractivity contribution >= 4 is 41.2 Å². The lowest BCUT2D eigenvalue weighted by molar-refractivity contribution is 0.385. The van der Waals surface area contributed by atoms with Gasteiger partial charge < -0.3 is 10.2 Å². The molecule has 37 heavy (non-hydrogen) atoms. The minimum absolute atomic E-state index is 0.0438. The third-order valence-electron chi connectivity index (χ3n) is 6.79. The maximum Gasteiger partial charge on any atom is 0.144 e. The topological polar surface area (TPSA) is 41.0 Å². The fraction of sp³-hybridized carbons (Fsp3) is 0.400. The number of nitrogens with zero attached hydrogens (tertiary/aromatic N) is 3. The summed E-state index contributed by atoms with van der Waals surface area (Å²) in [6.07, 6.45) is 9.28. The van der Waals surface area contributed by atoms with Gasteiger partial charge in [-0.05, 0) is 68.5 Å². The Labute approximate surface area is 231 Å². The quantitative estimate of drug-likeness (QED) is 0.207. The van der Waals surface area contributed by atoms with Crippen LogP contribution in [0.5, 0.6) is 0 Å². The van der Waals surface area contributed by atoms with E-state index in [2.05, 4.69) is 47.9 Å². The maximum atomic E-state index is 14.1. The first-order valence-corrected chi connectivity index (χ1v) is 14.0. The van der Waals surface area contributed by atoms with Gasteiger partial charge in [-0.25, -0.2) is 4.39 Å².